The quantitative estimate of drug-likeness (QED) is 0.788. The zero-order chi connectivity index (χ0) is 12.4. The number of piperidine rings is 1. The second-order valence-corrected chi connectivity index (χ2v) is 4.55. The molecule has 1 aliphatic rings. The first-order valence-corrected chi connectivity index (χ1v) is 5.91. The van der Waals surface area contributed by atoms with Gasteiger partial charge in [0.05, 0.1) is 6.04 Å². The molecule has 1 atom stereocenters. The molecule has 92 valence electrons. The summed E-state index contributed by atoms with van der Waals surface area (Å²) in [4.78, 5) is 13.3. The molecule has 1 heterocycles. The van der Waals surface area contributed by atoms with Crippen LogP contribution in [0.3, 0.4) is 0 Å². The van der Waals surface area contributed by atoms with Crippen LogP contribution in [0.5, 0.6) is 0 Å². The Bertz CT molecular complexity index is 405. The third kappa shape index (κ3) is 2.60. The van der Waals surface area contributed by atoms with Crippen LogP contribution in [0.1, 0.15) is 19.3 Å². The van der Waals surface area contributed by atoms with E-state index in [2.05, 4.69) is 0 Å². The fraction of sp³-hybridized carbons (Fsp3) is 0.417. The maximum Gasteiger partial charge on any atom is 0.227 e. The van der Waals surface area contributed by atoms with Crippen molar-refractivity contribution < 1.29 is 15.0 Å². The molecule has 0 spiro atoms. The van der Waals surface area contributed by atoms with E-state index < -0.39 is 12.3 Å². The van der Waals surface area contributed by atoms with E-state index in [1.807, 2.05) is 0 Å². The van der Waals surface area contributed by atoms with Crippen molar-refractivity contribution >= 4 is 23.2 Å². The topological polar surface area (TPSA) is 60.8 Å². The number of anilines is 1. The molecule has 0 saturated carbocycles. The number of amides is 1. The fourth-order valence-electron chi connectivity index (χ4n) is 2.12. The standard InChI is InChI=1S/C12H14ClNO3/c13-8-4-6-9(7-5-8)14-10(12(16)17)2-1-3-11(14)15/h4-7,10,12,16-17H,1-3H2/t10-/m0/s1. The van der Waals surface area contributed by atoms with Crippen molar-refractivity contribution in [3.05, 3.63) is 29.3 Å². The van der Waals surface area contributed by atoms with Gasteiger partial charge in [-0.05, 0) is 37.1 Å². The number of aliphatic hydroxyl groups excluding tert-OH is 1. The molecule has 4 nitrogen and oxygen atoms in total. The molecular weight excluding hydrogens is 242 g/mol. The first-order chi connectivity index (χ1) is 8.09. The summed E-state index contributed by atoms with van der Waals surface area (Å²) in [5.74, 6) is -0.0864. The van der Waals surface area contributed by atoms with Gasteiger partial charge in [0.2, 0.25) is 5.91 Å². The molecule has 0 radical (unpaired) electrons. The van der Waals surface area contributed by atoms with Crippen LogP contribution in [0.2, 0.25) is 5.02 Å². The number of halogens is 1. The van der Waals surface area contributed by atoms with Gasteiger partial charge in [0.15, 0.2) is 6.29 Å². The molecule has 1 aliphatic heterocycles. The predicted octanol–water partition coefficient (Wildman–Crippen LogP) is 1.54. The normalized spacial score (nSPS) is 21.1. The fourth-order valence-corrected chi connectivity index (χ4v) is 2.24. The number of benzene rings is 1. The van der Waals surface area contributed by atoms with Gasteiger partial charge in [-0.25, -0.2) is 0 Å². The zero-order valence-corrected chi connectivity index (χ0v) is 9.97. The molecule has 1 aromatic carbocycles. The molecule has 0 aliphatic carbocycles. The van der Waals surface area contributed by atoms with Crippen LogP contribution in [0.25, 0.3) is 0 Å². The molecule has 0 bridgehead atoms. The average Bonchev–Trinajstić information content (AvgIpc) is 2.30. The van der Waals surface area contributed by atoms with Gasteiger partial charge in [-0.15, -0.1) is 0 Å². The zero-order valence-electron chi connectivity index (χ0n) is 9.21. The lowest BCUT2D eigenvalue weighted by atomic mass is 10.00. The van der Waals surface area contributed by atoms with Crippen molar-refractivity contribution in [2.45, 2.75) is 31.6 Å². The summed E-state index contributed by atoms with van der Waals surface area (Å²) < 4.78 is 0. The molecule has 5 heteroatoms. The van der Waals surface area contributed by atoms with Gasteiger partial charge in [0.25, 0.3) is 0 Å². The van der Waals surface area contributed by atoms with Crippen LogP contribution in [0.4, 0.5) is 5.69 Å². The highest BCUT2D eigenvalue weighted by Crippen LogP contribution is 2.28. The highest BCUT2D eigenvalue weighted by molar-refractivity contribution is 6.30. The Hall–Kier alpha value is -1.10. The van der Waals surface area contributed by atoms with Gasteiger partial charge in [-0.1, -0.05) is 11.6 Å². The number of nitrogens with zero attached hydrogens (tertiary/aromatic N) is 1. The highest BCUT2D eigenvalue weighted by atomic mass is 35.5. The Labute approximate surface area is 104 Å². The summed E-state index contributed by atoms with van der Waals surface area (Å²) in [5.41, 5.74) is 0.650. The lowest BCUT2D eigenvalue weighted by Gasteiger charge is -2.36. The number of carbonyl (C=O) groups is 1. The third-order valence-corrected chi connectivity index (χ3v) is 3.19. The van der Waals surface area contributed by atoms with Gasteiger partial charge in [0, 0.05) is 17.1 Å². The molecule has 0 unspecified atom stereocenters. The molecule has 2 rings (SSSR count). The molecular formula is C12H14ClNO3. The number of carbonyl (C=O) groups excluding carboxylic acids is 1. The third-order valence-electron chi connectivity index (χ3n) is 2.94. The van der Waals surface area contributed by atoms with Crippen LogP contribution >= 0.6 is 11.6 Å². The summed E-state index contributed by atoms with van der Waals surface area (Å²) in [7, 11) is 0. The maximum absolute atomic E-state index is 11.9. The summed E-state index contributed by atoms with van der Waals surface area (Å²) in [6.07, 6.45) is 0.193. The van der Waals surface area contributed by atoms with Crippen molar-refractivity contribution in [2.24, 2.45) is 0 Å². The maximum atomic E-state index is 11.9. The van der Waals surface area contributed by atoms with E-state index in [1.54, 1.807) is 24.3 Å². The molecule has 1 aromatic rings. The molecule has 17 heavy (non-hydrogen) atoms. The van der Waals surface area contributed by atoms with Crippen LogP contribution < -0.4 is 4.90 Å². The molecule has 1 fully saturated rings. The Kier molecular flexibility index (Phi) is 3.66. The van der Waals surface area contributed by atoms with Gasteiger partial charge >= 0.3 is 0 Å². The van der Waals surface area contributed by atoms with Crippen LogP contribution in [0.15, 0.2) is 24.3 Å². The number of hydrogen-bond donors (Lipinski definition) is 2. The van der Waals surface area contributed by atoms with E-state index >= 15 is 0 Å². The van der Waals surface area contributed by atoms with E-state index in [0.717, 1.165) is 0 Å². The van der Waals surface area contributed by atoms with Crippen molar-refractivity contribution in [1.29, 1.82) is 0 Å². The minimum absolute atomic E-state index is 0.0864. The summed E-state index contributed by atoms with van der Waals surface area (Å²) in [6.45, 7) is 0. The molecule has 1 amide bonds. The number of hydrogen-bond acceptors (Lipinski definition) is 3. The second-order valence-electron chi connectivity index (χ2n) is 4.11. The summed E-state index contributed by atoms with van der Waals surface area (Å²) in [6, 6.07) is 6.21. The van der Waals surface area contributed by atoms with Crippen LogP contribution in [-0.2, 0) is 4.79 Å². The van der Waals surface area contributed by atoms with Gasteiger partial charge in [0.1, 0.15) is 0 Å². The van der Waals surface area contributed by atoms with Crippen molar-refractivity contribution in [1.82, 2.24) is 0 Å². The summed E-state index contributed by atoms with van der Waals surface area (Å²) >= 11 is 5.78. The number of rotatable bonds is 2. The molecule has 0 aromatic heterocycles. The van der Waals surface area contributed by atoms with E-state index in [-0.39, 0.29) is 5.91 Å². The largest absolute Gasteiger partial charge is 0.366 e. The van der Waals surface area contributed by atoms with Crippen LogP contribution in [-0.4, -0.2) is 28.5 Å². The van der Waals surface area contributed by atoms with Crippen molar-refractivity contribution in [3.8, 4) is 0 Å². The van der Waals surface area contributed by atoms with E-state index in [0.29, 0.717) is 30.0 Å². The Morgan fingerprint density at radius 3 is 2.53 bits per heavy atom. The predicted molar refractivity (Wildman–Crippen MR) is 64.8 cm³/mol. The van der Waals surface area contributed by atoms with Gasteiger partial charge in [-0.3, -0.25) is 4.79 Å². The van der Waals surface area contributed by atoms with Crippen molar-refractivity contribution in [2.75, 3.05) is 4.90 Å². The highest BCUT2D eigenvalue weighted by Gasteiger charge is 2.33. The average molecular weight is 256 g/mol. The van der Waals surface area contributed by atoms with E-state index in [1.165, 1.54) is 4.90 Å². The molecule has 1 saturated heterocycles. The minimum atomic E-state index is -1.52. The Morgan fingerprint density at radius 1 is 1.29 bits per heavy atom. The first-order valence-electron chi connectivity index (χ1n) is 5.53. The smallest absolute Gasteiger partial charge is 0.227 e. The lowest BCUT2D eigenvalue weighted by Crippen LogP contribution is -2.50. The van der Waals surface area contributed by atoms with Gasteiger partial charge in [-0.2, -0.15) is 0 Å². The first kappa shape index (κ1) is 12.4. The SMILES string of the molecule is O=C1CCC[C@@H](C(O)O)N1c1ccc(Cl)cc1. The monoisotopic (exact) mass is 255 g/mol. The van der Waals surface area contributed by atoms with E-state index in [9.17, 15) is 15.0 Å². The van der Waals surface area contributed by atoms with E-state index in [4.69, 9.17) is 11.6 Å². The second kappa shape index (κ2) is 5.04. The lowest BCUT2D eigenvalue weighted by molar-refractivity contribution is -0.125. The summed E-state index contributed by atoms with van der Waals surface area (Å²) in [5, 5.41) is 19.2. The number of aliphatic hydroxyl groups is 2. The van der Waals surface area contributed by atoms with Crippen LogP contribution in [0, 0.1) is 0 Å². The minimum Gasteiger partial charge on any atom is -0.366 e. The van der Waals surface area contributed by atoms with Gasteiger partial charge < -0.3 is 15.1 Å². The molecule has 2 N–H and O–H groups in total. The Morgan fingerprint density at radius 2 is 1.94 bits per heavy atom. The van der Waals surface area contributed by atoms with Crippen molar-refractivity contribution in [3.63, 3.8) is 0 Å². The Balaban J connectivity index is 2.31.